The Morgan fingerprint density at radius 1 is 1.06 bits per heavy atom. The molecule has 4 aliphatic rings. The van der Waals surface area contributed by atoms with E-state index in [1.54, 1.807) is 0 Å². The second-order valence-electron chi connectivity index (χ2n) is 10.2. The lowest BCUT2D eigenvalue weighted by atomic mass is 9.70. The van der Waals surface area contributed by atoms with Crippen LogP contribution in [0.3, 0.4) is 0 Å². The monoisotopic (exact) mass is 496 g/mol. The number of Topliss-reactive ketones (excluding diaryl/α,β-unsaturated/α-hetero) is 1. The molecule has 4 rings (SSSR count). The molecule has 0 aromatic heterocycles. The molecule has 2 atom stereocenters. The fraction of sp³-hybridized carbons (Fsp3) is 0.840. The van der Waals surface area contributed by atoms with Crippen molar-refractivity contribution in [1.82, 2.24) is 0 Å². The molecule has 6 heteroatoms. The van der Waals surface area contributed by atoms with E-state index in [1.165, 1.54) is 12.7 Å². The fourth-order valence-electron chi connectivity index (χ4n) is 6.31. The van der Waals surface area contributed by atoms with Crippen molar-refractivity contribution in [2.75, 3.05) is 20.3 Å². The quantitative estimate of drug-likeness (QED) is 0.366. The third-order valence-electron chi connectivity index (χ3n) is 8.20. The molecular formula is C25H37BrO5. The SMILES string of the molecule is COC(=O)C1=C(C(CC(=O)C2CCC(C)CC2)C2CCC3(CC2)OCCO3)CC(Br)C1. The standard InChI is InChI=1S/C25H37BrO5/c1-16-3-5-18(6-4-16)23(27)15-20(21-13-19(26)14-22(21)24(28)29-2)17-7-9-25(10-8-17)30-11-12-31-25/h16-20H,3-15H2,1-2H3. The van der Waals surface area contributed by atoms with Gasteiger partial charge in [-0.15, -0.1) is 0 Å². The highest BCUT2D eigenvalue weighted by Gasteiger charge is 2.44. The lowest BCUT2D eigenvalue weighted by molar-refractivity contribution is -0.184. The molecule has 3 aliphatic carbocycles. The summed E-state index contributed by atoms with van der Waals surface area (Å²) >= 11 is 3.73. The maximum absolute atomic E-state index is 13.4. The molecule has 3 fully saturated rings. The molecule has 0 N–H and O–H groups in total. The van der Waals surface area contributed by atoms with Crippen molar-refractivity contribution in [2.45, 2.75) is 88.2 Å². The molecule has 0 radical (unpaired) electrons. The van der Waals surface area contributed by atoms with Crippen LogP contribution in [-0.2, 0) is 23.8 Å². The van der Waals surface area contributed by atoms with Gasteiger partial charge in [0.2, 0.25) is 0 Å². The van der Waals surface area contributed by atoms with E-state index >= 15 is 0 Å². The van der Waals surface area contributed by atoms with E-state index in [-0.39, 0.29) is 22.6 Å². The molecule has 0 bridgehead atoms. The average molecular weight is 497 g/mol. The number of ketones is 1. The highest BCUT2D eigenvalue weighted by Crippen LogP contribution is 2.48. The largest absolute Gasteiger partial charge is 0.466 e. The molecule has 1 spiro atoms. The first-order valence-electron chi connectivity index (χ1n) is 12.2. The van der Waals surface area contributed by atoms with E-state index in [4.69, 9.17) is 14.2 Å². The van der Waals surface area contributed by atoms with E-state index in [0.717, 1.165) is 69.3 Å². The summed E-state index contributed by atoms with van der Waals surface area (Å²) in [5.41, 5.74) is 1.97. The third kappa shape index (κ3) is 5.27. The van der Waals surface area contributed by atoms with Gasteiger partial charge in [-0.05, 0) is 56.3 Å². The average Bonchev–Trinajstić information content (AvgIpc) is 3.39. The van der Waals surface area contributed by atoms with Crippen molar-refractivity contribution in [3.63, 3.8) is 0 Å². The van der Waals surface area contributed by atoms with E-state index < -0.39 is 5.79 Å². The van der Waals surface area contributed by atoms with Gasteiger partial charge in [-0.1, -0.05) is 41.3 Å². The second-order valence-corrected chi connectivity index (χ2v) is 11.5. The van der Waals surface area contributed by atoms with Gasteiger partial charge in [-0.25, -0.2) is 4.79 Å². The first kappa shape index (κ1) is 23.4. The topological polar surface area (TPSA) is 61.8 Å². The van der Waals surface area contributed by atoms with Crippen LogP contribution >= 0.6 is 15.9 Å². The van der Waals surface area contributed by atoms with Crippen LogP contribution < -0.4 is 0 Å². The minimum absolute atomic E-state index is 0.127. The molecule has 2 saturated carbocycles. The summed E-state index contributed by atoms with van der Waals surface area (Å²) < 4.78 is 17.0. The Morgan fingerprint density at radius 2 is 1.71 bits per heavy atom. The number of rotatable bonds is 6. The maximum atomic E-state index is 13.4. The minimum Gasteiger partial charge on any atom is -0.466 e. The van der Waals surface area contributed by atoms with Crippen LogP contribution in [0.5, 0.6) is 0 Å². The van der Waals surface area contributed by atoms with E-state index in [0.29, 0.717) is 37.8 Å². The van der Waals surface area contributed by atoms with Crippen LogP contribution in [-0.4, -0.2) is 42.7 Å². The third-order valence-corrected chi connectivity index (χ3v) is 8.85. The Kier molecular flexibility index (Phi) is 7.60. The number of methoxy groups -OCH3 is 1. The van der Waals surface area contributed by atoms with Crippen molar-refractivity contribution in [2.24, 2.45) is 23.7 Å². The summed E-state index contributed by atoms with van der Waals surface area (Å²) in [7, 11) is 1.46. The zero-order valence-electron chi connectivity index (χ0n) is 19.0. The molecule has 0 aromatic carbocycles. The van der Waals surface area contributed by atoms with E-state index in [9.17, 15) is 9.59 Å². The number of ether oxygens (including phenoxy) is 3. The van der Waals surface area contributed by atoms with Gasteiger partial charge >= 0.3 is 5.97 Å². The van der Waals surface area contributed by atoms with Crippen molar-refractivity contribution in [1.29, 1.82) is 0 Å². The Bertz CT molecular complexity index is 693. The van der Waals surface area contributed by atoms with E-state index in [1.807, 2.05) is 0 Å². The maximum Gasteiger partial charge on any atom is 0.333 e. The van der Waals surface area contributed by atoms with E-state index in [2.05, 4.69) is 22.9 Å². The van der Waals surface area contributed by atoms with Crippen LogP contribution in [0, 0.1) is 23.7 Å². The normalized spacial score (nSPS) is 32.4. The number of allylic oxidation sites excluding steroid dienone is 1. The number of hydrogen-bond acceptors (Lipinski definition) is 5. The molecule has 0 aromatic rings. The number of carbonyl (C=O) groups is 2. The number of alkyl halides is 1. The molecule has 1 aliphatic heterocycles. The van der Waals surface area contributed by atoms with Crippen LogP contribution in [0.1, 0.15) is 77.6 Å². The van der Waals surface area contributed by atoms with Crippen LogP contribution in [0.2, 0.25) is 0 Å². The van der Waals surface area contributed by atoms with Crippen molar-refractivity contribution in [3.05, 3.63) is 11.1 Å². The smallest absolute Gasteiger partial charge is 0.333 e. The van der Waals surface area contributed by atoms with Gasteiger partial charge in [-0.3, -0.25) is 4.79 Å². The first-order chi connectivity index (χ1) is 14.9. The van der Waals surface area contributed by atoms with Gasteiger partial charge in [0.25, 0.3) is 0 Å². The van der Waals surface area contributed by atoms with Crippen LogP contribution in [0.4, 0.5) is 0 Å². The van der Waals surface area contributed by atoms with Gasteiger partial charge in [0, 0.05) is 35.6 Å². The second kappa shape index (κ2) is 10.0. The molecule has 1 saturated heterocycles. The van der Waals surface area contributed by atoms with Crippen LogP contribution in [0.15, 0.2) is 11.1 Å². The molecule has 1 heterocycles. The minimum atomic E-state index is -0.405. The molecule has 2 unspecified atom stereocenters. The summed E-state index contributed by atoms with van der Waals surface area (Å²) in [4.78, 5) is 26.2. The van der Waals surface area contributed by atoms with Gasteiger partial charge < -0.3 is 14.2 Å². The lowest BCUT2D eigenvalue weighted by Gasteiger charge is -2.39. The zero-order valence-corrected chi connectivity index (χ0v) is 20.6. The van der Waals surface area contributed by atoms with Crippen LogP contribution in [0.25, 0.3) is 0 Å². The highest BCUT2D eigenvalue weighted by molar-refractivity contribution is 9.09. The van der Waals surface area contributed by atoms with Gasteiger partial charge in [0.15, 0.2) is 5.79 Å². The van der Waals surface area contributed by atoms with Crippen molar-refractivity contribution in [3.8, 4) is 0 Å². The number of carbonyl (C=O) groups excluding carboxylic acids is 2. The Labute approximate surface area is 194 Å². The fourth-order valence-corrected chi connectivity index (χ4v) is 6.98. The summed E-state index contributed by atoms with van der Waals surface area (Å²) in [5.74, 6) is 1.21. The summed E-state index contributed by atoms with van der Waals surface area (Å²) in [6.07, 6.45) is 10.1. The molecule has 31 heavy (non-hydrogen) atoms. The van der Waals surface area contributed by atoms with Crippen molar-refractivity contribution < 1.29 is 23.8 Å². The van der Waals surface area contributed by atoms with Gasteiger partial charge in [-0.2, -0.15) is 0 Å². The Morgan fingerprint density at radius 3 is 2.32 bits per heavy atom. The molecule has 5 nitrogen and oxygen atoms in total. The first-order valence-corrected chi connectivity index (χ1v) is 13.1. The number of hydrogen-bond donors (Lipinski definition) is 0. The molecule has 174 valence electrons. The summed E-state index contributed by atoms with van der Waals surface area (Å²) in [6.45, 7) is 3.64. The lowest BCUT2D eigenvalue weighted by Crippen LogP contribution is -2.38. The number of halogens is 1. The number of esters is 1. The predicted molar refractivity (Wildman–Crippen MR) is 122 cm³/mol. The zero-order chi connectivity index (χ0) is 22.0. The Hall–Kier alpha value is -0.720. The summed E-state index contributed by atoms with van der Waals surface area (Å²) in [6, 6.07) is 0. The van der Waals surface area contributed by atoms with Crippen molar-refractivity contribution >= 4 is 27.7 Å². The van der Waals surface area contributed by atoms with Gasteiger partial charge in [0.05, 0.1) is 20.3 Å². The Balaban J connectivity index is 1.53. The molecule has 0 amide bonds. The summed E-state index contributed by atoms with van der Waals surface area (Å²) in [5, 5.41) is 0. The highest BCUT2D eigenvalue weighted by atomic mass is 79.9. The predicted octanol–water partition coefficient (Wildman–Crippen LogP) is 5.35. The van der Waals surface area contributed by atoms with Gasteiger partial charge in [0.1, 0.15) is 5.78 Å². The molecular weight excluding hydrogens is 460 g/mol.